The SMILES string of the molecule is Cn1cc(-c2cc[c-]nn2)cn1.[W]. The van der Waals surface area contributed by atoms with Crippen LogP contribution in [0.15, 0.2) is 24.5 Å². The maximum Gasteiger partial charge on any atom is 0.0568 e. The molecule has 2 aromatic rings. The minimum Gasteiger partial charge on any atom is -0.275 e. The first-order valence-corrected chi connectivity index (χ1v) is 3.55. The van der Waals surface area contributed by atoms with Gasteiger partial charge < -0.3 is 0 Å². The van der Waals surface area contributed by atoms with Crippen LogP contribution in [0.4, 0.5) is 0 Å². The number of hydrogen-bond acceptors (Lipinski definition) is 3. The van der Waals surface area contributed by atoms with Crippen LogP contribution in [0.3, 0.4) is 0 Å². The van der Waals surface area contributed by atoms with Gasteiger partial charge in [0.25, 0.3) is 0 Å². The van der Waals surface area contributed by atoms with Crippen molar-refractivity contribution in [2.45, 2.75) is 0 Å². The van der Waals surface area contributed by atoms with Gasteiger partial charge in [0, 0.05) is 45.6 Å². The molecule has 0 saturated heterocycles. The van der Waals surface area contributed by atoms with Gasteiger partial charge in [0.1, 0.15) is 0 Å². The summed E-state index contributed by atoms with van der Waals surface area (Å²) in [7, 11) is 1.87. The van der Waals surface area contributed by atoms with E-state index < -0.39 is 0 Å². The Morgan fingerprint density at radius 3 is 2.85 bits per heavy atom. The van der Waals surface area contributed by atoms with Gasteiger partial charge in [-0.15, -0.1) is 6.20 Å². The molecule has 0 amide bonds. The minimum atomic E-state index is 0. The molecule has 5 heteroatoms. The summed E-state index contributed by atoms with van der Waals surface area (Å²) in [5.41, 5.74) is 1.79. The van der Waals surface area contributed by atoms with E-state index >= 15 is 0 Å². The second kappa shape index (κ2) is 4.28. The third-order valence-corrected chi connectivity index (χ3v) is 1.53. The van der Waals surface area contributed by atoms with Gasteiger partial charge in [0.15, 0.2) is 0 Å². The Labute approximate surface area is 90.3 Å². The first-order chi connectivity index (χ1) is 5.86. The monoisotopic (exact) mass is 343 g/mol. The summed E-state index contributed by atoms with van der Waals surface area (Å²) in [5.74, 6) is 0. The molecule has 0 aliphatic rings. The number of aryl methyl sites for hydroxylation is 1. The molecule has 0 aliphatic carbocycles. The Balaban J connectivity index is 0.000000845. The Morgan fingerprint density at radius 1 is 1.46 bits per heavy atom. The van der Waals surface area contributed by atoms with Crippen molar-refractivity contribution in [3.63, 3.8) is 0 Å². The van der Waals surface area contributed by atoms with Gasteiger partial charge in [-0.2, -0.15) is 16.3 Å². The summed E-state index contributed by atoms with van der Waals surface area (Å²) in [4.78, 5) is 0. The minimum absolute atomic E-state index is 0. The summed E-state index contributed by atoms with van der Waals surface area (Å²) in [6, 6.07) is 3.58. The van der Waals surface area contributed by atoms with E-state index in [9.17, 15) is 0 Å². The molecular weight excluding hydrogens is 336 g/mol. The maximum atomic E-state index is 4.03. The molecule has 0 radical (unpaired) electrons. The van der Waals surface area contributed by atoms with Crippen LogP contribution in [0.1, 0.15) is 0 Å². The van der Waals surface area contributed by atoms with Crippen molar-refractivity contribution in [2.75, 3.05) is 0 Å². The zero-order valence-electron chi connectivity index (χ0n) is 7.01. The van der Waals surface area contributed by atoms with Gasteiger partial charge in [-0.1, -0.05) is 0 Å². The maximum absolute atomic E-state index is 4.03. The van der Waals surface area contributed by atoms with Gasteiger partial charge in [-0.25, -0.2) is 6.07 Å². The second-order valence-electron chi connectivity index (χ2n) is 2.45. The van der Waals surface area contributed by atoms with Crippen molar-refractivity contribution in [1.29, 1.82) is 0 Å². The fourth-order valence-corrected chi connectivity index (χ4v) is 0.973. The van der Waals surface area contributed by atoms with E-state index in [-0.39, 0.29) is 21.1 Å². The van der Waals surface area contributed by atoms with E-state index in [1.54, 1.807) is 16.9 Å². The third-order valence-electron chi connectivity index (χ3n) is 1.53. The van der Waals surface area contributed by atoms with Crippen LogP contribution >= 0.6 is 0 Å². The molecule has 2 aromatic heterocycles. The standard InChI is InChI=1S/C8H7N4.W/c1-12-6-7(5-10-12)8-3-2-4-9-11-8;/h2-3,5-6H,1H3;/q-1;. The average molecular weight is 343 g/mol. The Morgan fingerprint density at radius 2 is 2.31 bits per heavy atom. The zero-order chi connectivity index (χ0) is 8.39. The van der Waals surface area contributed by atoms with E-state index in [1.807, 2.05) is 19.3 Å². The molecule has 0 unspecified atom stereocenters. The first kappa shape index (κ1) is 10.1. The van der Waals surface area contributed by atoms with E-state index in [0.717, 1.165) is 11.3 Å². The largest absolute Gasteiger partial charge is 0.275 e. The van der Waals surface area contributed by atoms with Crippen LogP contribution in [-0.4, -0.2) is 20.0 Å². The van der Waals surface area contributed by atoms with Crippen molar-refractivity contribution in [2.24, 2.45) is 7.05 Å². The Hall–Kier alpha value is -1.02. The van der Waals surface area contributed by atoms with Crippen LogP contribution < -0.4 is 0 Å². The molecule has 0 fully saturated rings. The van der Waals surface area contributed by atoms with E-state index in [4.69, 9.17) is 0 Å². The molecule has 0 spiro atoms. The van der Waals surface area contributed by atoms with Gasteiger partial charge in [0.2, 0.25) is 0 Å². The van der Waals surface area contributed by atoms with Crippen LogP contribution in [-0.2, 0) is 28.1 Å². The molecule has 0 atom stereocenters. The molecule has 0 N–H and O–H groups in total. The smallest absolute Gasteiger partial charge is 0.0568 e. The molecule has 2 heterocycles. The third kappa shape index (κ3) is 2.22. The number of rotatable bonds is 1. The van der Waals surface area contributed by atoms with Crippen LogP contribution in [0.2, 0.25) is 0 Å². The predicted molar refractivity (Wildman–Crippen MR) is 43.1 cm³/mol. The summed E-state index contributed by atoms with van der Waals surface area (Å²) >= 11 is 0. The molecule has 2 rings (SSSR count). The molecule has 0 aromatic carbocycles. The number of nitrogens with zero attached hydrogens (tertiary/aromatic N) is 4. The van der Waals surface area contributed by atoms with Crippen molar-refractivity contribution in [3.05, 3.63) is 30.7 Å². The van der Waals surface area contributed by atoms with Crippen molar-refractivity contribution < 1.29 is 21.1 Å². The molecule has 13 heavy (non-hydrogen) atoms. The van der Waals surface area contributed by atoms with Gasteiger partial charge in [-0.05, 0) is 0 Å². The van der Waals surface area contributed by atoms with Crippen molar-refractivity contribution in [3.8, 4) is 11.3 Å². The first-order valence-electron chi connectivity index (χ1n) is 3.55. The van der Waals surface area contributed by atoms with Gasteiger partial charge >= 0.3 is 0 Å². The van der Waals surface area contributed by atoms with Gasteiger partial charge in [-0.3, -0.25) is 9.78 Å². The molecule has 0 aliphatic heterocycles. The van der Waals surface area contributed by atoms with Crippen LogP contribution in [0.25, 0.3) is 11.3 Å². The molecule has 4 nitrogen and oxygen atoms in total. The summed E-state index contributed by atoms with van der Waals surface area (Å²) in [6.45, 7) is 0. The zero-order valence-corrected chi connectivity index (χ0v) is 9.94. The quantitative estimate of drug-likeness (QED) is 0.716. The van der Waals surface area contributed by atoms with Crippen LogP contribution in [0.5, 0.6) is 0 Å². The van der Waals surface area contributed by atoms with Crippen molar-refractivity contribution >= 4 is 0 Å². The van der Waals surface area contributed by atoms with Gasteiger partial charge in [0.05, 0.1) is 6.20 Å². The fourth-order valence-electron chi connectivity index (χ4n) is 0.973. The second-order valence-corrected chi connectivity index (χ2v) is 2.45. The number of hydrogen-bond donors (Lipinski definition) is 0. The number of aromatic nitrogens is 4. The molecular formula is C8H7N4W-. The van der Waals surface area contributed by atoms with E-state index in [1.165, 1.54) is 0 Å². The van der Waals surface area contributed by atoms with Crippen LogP contribution in [0, 0.1) is 6.20 Å². The summed E-state index contributed by atoms with van der Waals surface area (Å²) in [5, 5.41) is 11.6. The summed E-state index contributed by atoms with van der Waals surface area (Å²) < 4.78 is 1.73. The molecule has 66 valence electrons. The van der Waals surface area contributed by atoms with E-state index in [0.29, 0.717) is 0 Å². The van der Waals surface area contributed by atoms with E-state index in [2.05, 4.69) is 21.5 Å². The topological polar surface area (TPSA) is 43.6 Å². The average Bonchev–Trinajstić information content (AvgIpc) is 2.54. The normalized spacial score (nSPS) is 9.31. The predicted octanol–water partition coefficient (Wildman–Crippen LogP) is 0.675. The Kier molecular flexibility index (Phi) is 3.31. The fraction of sp³-hybridized carbons (Fsp3) is 0.125. The summed E-state index contributed by atoms with van der Waals surface area (Å²) in [6.07, 6.45) is 6.27. The van der Waals surface area contributed by atoms with Crippen molar-refractivity contribution in [1.82, 2.24) is 20.0 Å². The molecule has 0 saturated carbocycles. The Bertz CT molecular complexity index is 371. The molecule has 0 bridgehead atoms.